The van der Waals surface area contributed by atoms with E-state index in [4.69, 9.17) is 10.5 Å². The molecule has 1 aromatic heterocycles. The highest BCUT2D eigenvalue weighted by molar-refractivity contribution is 7.09. The number of ether oxygens (including phenoxy) is 1. The fraction of sp³-hybridized carbons (Fsp3) is 0.727. The van der Waals surface area contributed by atoms with E-state index in [0.29, 0.717) is 12.8 Å². The van der Waals surface area contributed by atoms with Crippen molar-refractivity contribution in [3.8, 4) is 0 Å². The monoisotopic (exact) mass is 264 g/mol. The van der Waals surface area contributed by atoms with E-state index in [1.54, 1.807) is 0 Å². The second kappa shape index (κ2) is 6.37. The van der Waals surface area contributed by atoms with Gasteiger partial charge < -0.3 is 10.5 Å². The van der Waals surface area contributed by atoms with E-state index in [2.05, 4.69) is 4.98 Å². The minimum Gasteiger partial charge on any atom is -0.375 e. The van der Waals surface area contributed by atoms with E-state index < -0.39 is 13.0 Å². The van der Waals surface area contributed by atoms with E-state index in [1.807, 2.05) is 19.2 Å². The van der Waals surface area contributed by atoms with E-state index in [9.17, 15) is 8.78 Å². The van der Waals surface area contributed by atoms with Crippen LogP contribution in [-0.2, 0) is 17.6 Å². The molecule has 1 rings (SSSR count). The van der Waals surface area contributed by atoms with Crippen LogP contribution in [-0.4, -0.2) is 30.2 Å². The first kappa shape index (κ1) is 14.5. The average Bonchev–Trinajstić information content (AvgIpc) is 2.57. The first-order valence-electron chi connectivity index (χ1n) is 5.45. The van der Waals surface area contributed by atoms with Crippen molar-refractivity contribution < 1.29 is 13.5 Å². The molecule has 0 bridgehead atoms. The molecule has 98 valence electrons. The molecule has 1 heterocycles. The number of rotatable bonds is 7. The molecule has 2 N–H and O–H groups in total. The maximum Gasteiger partial charge on any atom is 0.261 e. The van der Waals surface area contributed by atoms with Crippen molar-refractivity contribution in [2.75, 3.05) is 13.2 Å². The third-order valence-corrected chi connectivity index (χ3v) is 2.90. The van der Waals surface area contributed by atoms with Crippen LogP contribution in [0.15, 0.2) is 5.38 Å². The van der Waals surface area contributed by atoms with Crippen LogP contribution in [0.25, 0.3) is 0 Å². The first-order chi connectivity index (χ1) is 7.87. The number of nitrogens with two attached hydrogens (primary N) is 1. The molecule has 3 nitrogen and oxygen atoms in total. The third-order valence-electron chi connectivity index (χ3n) is 1.94. The number of hydrogen-bond acceptors (Lipinski definition) is 4. The van der Waals surface area contributed by atoms with Gasteiger partial charge in [-0.1, -0.05) is 0 Å². The Morgan fingerprint density at radius 1 is 1.53 bits per heavy atom. The van der Waals surface area contributed by atoms with Crippen LogP contribution in [0.1, 0.15) is 24.5 Å². The maximum absolute atomic E-state index is 11.8. The highest BCUT2D eigenvalue weighted by Gasteiger charge is 2.14. The molecule has 0 fully saturated rings. The predicted molar refractivity (Wildman–Crippen MR) is 64.6 cm³/mol. The zero-order valence-corrected chi connectivity index (χ0v) is 10.9. The van der Waals surface area contributed by atoms with E-state index in [-0.39, 0.29) is 12.1 Å². The lowest BCUT2D eigenvalue weighted by Crippen LogP contribution is -2.34. The summed E-state index contributed by atoms with van der Waals surface area (Å²) >= 11 is 1.51. The molecule has 0 aliphatic heterocycles. The summed E-state index contributed by atoms with van der Waals surface area (Å²) in [5.41, 5.74) is 6.56. The highest BCUT2D eigenvalue weighted by Crippen LogP contribution is 2.15. The molecule has 0 saturated carbocycles. The van der Waals surface area contributed by atoms with E-state index in [1.165, 1.54) is 11.3 Å². The Bertz CT molecular complexity index is 336. The minimum atomic E-state index is -2.40. The molecule has 0 saturated heterocycles. The molecule has 0 aromatic carbocycles. The maximum atomic E-state index is 11.8. The molecular weight excluding hydrogens is 246 g/mol. The van der Waals surface area contributed by atoms with Crippen LogP contribution in [0, 0.1) is 0 Å². The van der Waals surface area contributed by atoms with Gasteiger partial charge in [0.1, 0.15) is 6.61 Å². The van der Waals surface area contributed by atoms with E-state index >= 15 is 0 Å². The van der Waals surface area contributed by atoms with Crippen LogP contribution in [0.3, 0.4) is 0 Å². The number of alkyl halides is 2. The Morgan fingerprint density at radius 3 is 2.82 bits per heavy atom. The molecule has 0 aliphatic carbocycles. The second-order valence-corrected chi connectivity index (χ2v) is 5.56. The predicted octanol–water partition coefficient (Wildman–Crippen LogP) is 2.25. The average molecular weight is 264 g/mol. The van der Waals surface area contributed by atoms with Crippen molar-refractivity contribution in [2.45, 2.75) is 38.7 Å². The summed E-state index contributed by atoms with van der Waals surface area (Å²) in [5.74, 6) is 0. The largest absolute Gasteiger partial charge is 0.375 e. The molecule has 17 heavy (non-hydrogen) atoms. The Morgan fingerprint density at radius 2 is 2.24 bits per heavy atom. The number of thiazole rings is 1. The van der Waals surface area contributed by atoms with Crippen LogP contribution in [0.4, 0.5) is 8.78 Å². The van der Waals surface area contributed by atoms with Crippen LogP contribution in [0.5, 0.6) is 0 Å². The number of nitrogens with zero attached hydrogens (tertiary/aromatic N) is 1. The summed E-state index contributed by atoms with van der Waals surface area (Å²) < 4.78 is 28.4. The summed E-state index contributed by atoms with van der Waals surface area (Å²) in [6.07, 6.45) is -1.12. The molecular formula is C11H18F2N2OS. The summed E-state index contributed by atoms with van der Waals surface area (Å²) in [6.45, 7) is 3.66. The quantitative estimate of drug-likeness (QED) is 0.768. The lowest BCUT2D eigenvalue weighted by molar-refractivity contribution is 0.0187. The van der Waals surface area contributed by atoms with Gasteiger partial charge in [-0.15, -0.1) is 11.3 Å². The van der Waals surface area contributed by atoms with Crippen molar-refractivity contribution >= 4 is 11.3 Å². The van der Waals surface area contributed by atoms with Gasteiger partial charge in [-0.25, -0.2) is 13.8 Å². The van der Waals surface area contributed by atoms with Gasteiger partial charge in [0, 0.05) is 23.8 Å². The summed E-state index contributed by atoms with van der Waals surface area (Å²) in [5, 5.41) is 2.86. The van der Waals surface area contributed by atoms with Gasteiger partial charge in [0.05, 0.1) is 17.3 Å². The topological polar surface area (TPSA) is 48.1 Å². The Labute approximate surface area is 104 Å². The Kier molecular flexibility index (Phi) is 5.42. The first-order valence-corrected chi connectivity index (χ1v) is 6.33. The van der Waals surface area contributed by atoms with Gasteiger partial charge in [0.25, 0.3) is 6.43 Å². The number of aromatic nitrogens is 1. The fourth-order valence-corrected chi connectivity index (χ4v) is 2.12. The summed E-state index contributed by atoms with van der Waals surface area (Å²) in [4.78, 5) is 4.38. The molecule has 1 aromatic rings. The van der Waals surface area contributed by atoms with Gasteiger partial charge >= 0.3 is 0 Å². The van der Waals surface area contributed by atoms with Gasteiger partial charge in [0.2, 0.25) is 0 Å². The molecule has 0 unspecified atom stereocenters. The normalized spacial score (nSPS) is 12.4. The molecule has 0 amide bonds. The van der Waals surface area contributed by atoms with Crippen molar-refractivity contribution in [2.24, 2.45) is 5.73 Å². The van der Waals surface area contributed by atoms with Crippen molar-refractivity contribution in [3.63, 3.8) is 0 Å². The van der Waals surface area contributed by atoms with Crippen LogP contribution >= 0.6 is 11.3 Å². The van der Waals surface area contributed by atoms with Crippen molar-refractivity contribution in [1.29, 1.82) is 0 Å². The smallest absolute Gasteiger partial charge is 0.261 e. The van der Waals surface area contributed by atoms with Crippen LogP contribution in [0.2, 0.25) is 0 Å². The highest BCUT2D eigenvalue weighted by atomic mass is 32.1. The Hall–Kier alpha value is -0.590. The minimum absolute atomic E-state index is 0.280. The van der Waals surface area contributed by atoms with E-state index in [0.717, 1.165) is 10.7 Å². The van der Waals surface area contributed by atoms with Gasteiger partial charge in [0.15, 0.2) is 0 Å². The molecule has 0 spiro atoms. The van der Waals surface area contributed by atoms with Gasteiger partial charge in [-0.3, -0.25) is 0 Å². The third kappa shape index (κ3) is 6.65. The zero-order chi connectivity index (χ0) is 12.9. The molecule has 0 atom stereocenters. The Balaban J connectivity index is 2.31. The zero-order valence-electron chi connectivity index (χ0n) is 10.1. The van der Waals surface area contributed by atoms with Gasteiger partial charge in [-0.2, -0.15) is 0 Å². The number of halogens is 2. The lowest BCUT2D eigenvalue weighted by atomic mass is 10.0. The van der Waals surface area contributed by atoms with Crippen LogP contribution < -0.4 is 5.73 Å². The fourth-order valence-electron chi connectivity index (χ4n) is 1.34. The second-order valence-electron chi connectivity index (χ2n) is 4.61. The summed E-state index contributed by atoms with van der Waals surface area (Å²) in [7, 11) is 0. The molecule has 6 heteroatoms. The van der Waals surface area contributed by atoms with Gasteiger partial charge in [-0.05, 0) is 13.8 Å². The standard InChI is InChI=1S/C11H18F2N2OS/c1-11(2,14)5-8-7-17-10(15-8)3-4-16-6-9(12)13/h7,9H,3-6,14H2,1-2H3. The van der Waals surface area contributed by atoms with Crippen molar-refractivity contribution in [3.05, 3.63) is 16.1 Å². The number of hydrogen-bond donors (Lipinski definition) is 1. The lowest BCUT2D eigenvalue weighted by Gasteiger charge is -2.16. The molecule has 0 radical (unpaired) electrons. The SMILES string of the molecule is CC(C)(N)Cc1csc(CCOCC(F)F)n1. The summed E-state index contributed by atoms with van der Waals surface area (Å²) in [6, 6.07) is 0. The van der Waals surface area contributed by atoms with Crippen molar-refractivity contribution in [1.82, 2.24) is 4.98 Å². The molecule has 0 aliphatic rings.